The van der Waals surface area contributed by atoms with Crippen molar-refractivity contribution in [3.63, 3.8) is 0 Å². The van der Waals surface area contributed by atoms with Gasteiger partial charge in [0.15, 0.2) is 11.5 Å². The smallest absolute Gasteiger partial charge is 0.211 e. The van der Waals surface area contributed by atoms with Gasteiger partial charge in [0.25, 0.3) is 0 Å². The second kappa shape index (κ2) is 5.22. The highest BCUT2D eigenvalue weighted by molar-refractivity contribution is 6.32. The zero-order valence-corrected chi connectivity index (χ0v) is 9.27. The number of guanidine groups is 1. The second-order valence-electron chi connectivity index (χ2n) is 2.82. The van der Waals surface area contributed by atoms with Crippen molar-refractivity contribution < 1.29 is 9.84 Å². The molecule has 0 aliphatic carbocycles. The van der Waals surface area contributed by atoms with E-state index in [1.54, 1.807) is 6.07 Å². The van der Waals surface area contributed by atoms with Gasteiger partial charge in [0.1, 0.15) is 0 Å². The number of ether oxygens (including phenoxy) is 1. The predicted octanol–water partition coefficient (Wildman–Crippen LogP) is 0.661. The molecule has 0 saturated heterocycles. The number of rotatable bonds is 3. The molecule has 0 fully saturated rings. The van der Waals surface area contributed by atoms with Gasteiger partial charge in [0.2, 0.25) is 5.96 Å². The maximum atomic E-state index is 9.47. The van der Waals surface area contributed by atoms with E-state index in [-0.39, 0.29) is 22.5 Å². The molecule has 0 atom stereocenters. The molecule has 1 aromatic carbocycles. The van der Waals surface area contributed by atoms with Crippen LogP contribution in [0.3, 0.4) is 0 Å². The van der Waals surface area contributed by atoms with Gasteiger partial charge in [-0.15, -0.1) is 5.10 Å². The fraction of sp³-hybridized carbons (Fsp3) is 0.111. The minimum atomic E-state index is -0.145. The van der Waals surface area contributed by atoms with Crippen LogP contribution in [0.5, 0.6) is 11.5 Å². The van der Waals surface area contributed by atoms with Crippen LogP contribution in [0.4, 0.5) is 0 Å². The molecular formula is C9H11ClN4O2. The minimum absolute atomic E-state index is 0.122. The van der Waals surface area contributed by atoms with E-state index in [0.717, 1.165) is 0 Å². The van der Waals surface area contributed by atoms with E-state index in [0.29, 0.717) is 5.56 Å². The normalized spacial score (nSPS) is 10.4. The Balaban J connectivity index is 3.03. The Labute approximate surface area is 97.2 Å². The van der Waals surface area contributed by atoms with Gasteiger partial charge in [-0.3, -0.25) is 0 Å². The summed E-state index contributed by atoms with van der Waals surface area (Å²) < 4.78 is 4.91. The number of nitrogens with two attached hydrogens (primary N) is 2. The van der Waals surface area contributed by atoms with Crippen LogP contribution in [0, 0.1) is 0 Å². The summed E-state index contributed by atoms with van der Waals surface area (Å²) in [6.45, 7) is 0. The summed E-state index contributed by atoms with van der Waals surface area (Å²) in [4.78, 5) is 0. The molecule has 16 heavy (non-hydrogen) atoms. The third kappa shape index (κ3) is 3.03. The van der Waals surface area contributed by atoms with Gasteiger partial charge in [-0.1, -0.05) is 11.6 Å². The monoisotopic (exact) mass is 242 g/mol. The van der Waals surface area contributed by atoms with E-state index < -0.39 is 0 Å². The molecule has 6 nitrogen and oxygen atoms in total. The molecule has 0 aliphatic rings. The van der Waals surface area contributed by atoms with Crippen LogP contribution >= 0.6 is 11.6 Å². The van der Waals surface area contributed by atoms with E-state index in [9.17, 15) is 5.11 Å². The molecule has 0 spiro atoms. The largest absolute Gasteiger partial charge is 0.503 e. The molecule has 0 saturated carbocycles. The molecule has 0 bridgehead atoms. The van der Waals surface area contributed by atoms with Gasteiger partial charge in [-0.25, -0.2) is 0 Å². The summed E-state index contributed by atoms with van der Waals surface area (Å²) in [5.41, 5.74) is 10.8. The van der Waals surface area contributed by atoms with Gasteiger partial charge in [-0.2, -0.15) is 5.10 Å². The average Bonchev–Trinajstić information content (AvgIpc) is 2.22. The van der Waals surface area contributed by atoms with Crippen LogP contribution in [0.15, 0.2) is 22.3 Å². The summed E-state index contributed by atoms with van der Waals surface area (Å²) in [5.74, 6) is -0.0186. The van der Waals surface area contributed by atoms with Crippen LogP contribution in [0.2, 0.25) is 5.02 Å². The third-order valence-electron chi connectivity index (χ3n) is 1.65. The Kier molecular flexibility index (Phi) is 3.96. The van der Waals surface area contributed by atoms with Crippen molar-refractivity contribution in [2.45, 2.75) is 0 Å². The van der Waals surface area contributed by atoms with Crippen molar-refractivity contribution in [3.05, 3.63) is 22.7 Å². The first-order valence-electron chi connectivity index (χ1n) is 4.23. The fourth-order valence-electron chi connectivity index (χ4n) is 0.986. The topological polar surface area (TPSA) is 106 Å². The summed E-state index contributed by atoms with van der Waals surface area (Å²) in [6, 6.07) is 3.05. The van der Waals surface area contributed by atoms with Crippen LogP contribution in [0.25, 0.3) is 0 Å². The minimum Gasteiger partial charge on any atom is -0.503 e. The Morgan fingerprint density at radius 1 is 1.50 bits per heavy atom. The Hall–Kier alpha value is -1.95. The lowest BCUT2D eigenvalue weighted by molar-refractivity contribution is 0.373. The van der Waals surface area contributed by atoms with Gasteiger partial charge < -0.3 is 21.3 Å². The average molecular weight is 243 g/mol. The van der Waals surface area contributed by atoms with Crippen molar-refractivity contribution in [1.29, 1.82) is 0 Å². The lowest BCUT2D eigenvalue weighted by Gasteiger charge is -2.05. The van der Waals surface area contributed by atoms with Crippen molar-refractivity contribution in [1.82, 2.24) is 0 Å². The van der Waals surface area contributed by atoms with E-state index >= 15 is 0 Å². The molecule has 0 amide bonds. The number of hydrogen-bond donors (Lipinski definition) is 3. The zero-order chi connectivity index (χ0) is 12.1. The van der Waals surface area contributed by atoms with Crippen molar-refractivity contribution in [2.75, 3.05) is 7.11 Å². The molecule has 0 aliphatic heterocycles. The number of nitrogens with zero attached hydrogens (tertiary/aromatic N) is 2. The highest BCUT2D eigenvalue weighted by Gasteiger charge is 2.07. The fourth-order valence-corrected chi connectivity index (χ4v) is 1.21. The van der Waals surface area contributed by atoms with E-state index in [2.05, 4.69) is 10.2 Å². The van der Waals surface area contributed by atoms with E-state index in [1.807, 2.05) is 0 Å². The van der Waals surface area contributed by atoms with Crippen molar-refractivity contribution >= 4 is 23.8 Å². The summed E-state index contributed by atoms with van der Waals surface area (Å²) in [5, 5.41) is 16.7. The van der Waals surface area contributed by atoms with Crippen LogP contribution in [0.1, 0.15) is 5.56 Å². The summed E-state index contributed by atoms with van der Waals surface area (Å²) >= 11 is 5.76. The molecule has 1 aromatic rings. The van der Waals surface area contributed by atoms with Gasteiger partial charge in [0.05, 0.1) is 18.3 Å². The number of aromatic hydroxyl groups is 1. The SMILES string of the molecule is COc1cc(/C=N\N=C(N)N)cc(Cl)c1O. The number of methoxy groups -OCH3 is 1. The number of halogens is 1. The maximum absolute atomic E-state index is 9.47. The summed E-state index contributed by atoms with van der Waals surface area (Å²) in [7, 11) is 1.42. The van der Waals surface area contributed by atoms with Gasteiger partial charge in [0, 0.05) is 5.56 Å². The lowest BCUT2D eigenvalue weighted by Crippen LogP contribution is -2.21. The molecule has 0 aromatic heterocycles. The summed E-state index contributed by atoms with van der Waals surface area (Å²) in [6.07, 6.45) is 1.38. The Morgan fingerprint density at radius 2 is 2.19 bits per heavy atom. The number of hydrogen-bond acceptors (Lipinski definition) is 4. The highest BCUT2D eigenvalue weighted by atomic mass is 35.5. The predicted molar refractivity (Wildman–Crippen MR) is 63.1 cm³/mol. The van der Waals surface area contributed by atoms with Crippen LogP contribution in [-0.2, 0) is 0 Å². The molecule has 7 heteroatoms. The Morgan fingerprint density at radius 3 is 2.75 bits per heavy atom. The van der Waals surface area contributed by atoms with Crippen LogP contribution < -0.4 is 16.2 Å². The second-order valence-corrected chi connectivity index (χ2v) is 3.23. The molecule has 0 heterocycles. The van der Waals surface area contributed by atoms with E-state index in [1.165, 1.54) is 19.4 Å². The van der Waals surface area contributed by atoms with Crippen molar-refractivity contribution in [2.24, 2.45) is 21.7 Å². The van der Waals surface area contributed by atoms with Gasteiger partial charge in [-0.05, 0) is 12.1 Å². The van der Waals surface area contributed by atoms with Crippen LogP contribution in [-0.4, -0.2) is 24.4 Å². The molecule has 0 radical (unpaired) electrons. The lowest BCUT2D eigenvalue weighted by atomic mass is 10.2. The van der Waals surface area contributed by atoms with E-state index in [4.69, 9.17) is 27.8 Å². The first kappa shape index (κ1) is 12.1. The number of phenols is 1. The molecule has 0 unspecified atom stereocenters. The molecule has 5 N–H and O–H groups in total. The third-order valence-corrected chi connectivity index (χ3v) is 1.94. The highest BCUT2D eigenvalue weighted by Crippen LogP contribution is 2.34. The standard InChI is InChI=1S/C9H11ClN4O2/c1-16-7-3-5(2-6(10)8(7)15)4-13-14-9(11)12/h2-4,15H,1H3,(H4,11,12,14)/b13-4-. The number of phenolic OH excluding ortho intramolecular Hbond substituents is 1. The molecular weight excluding hydrogens is 232 g/mol. The first-order valence-corrected chi connectivity index (χ1v) is 4.61. The molecule has 86 valence electrons. The molecule has 1 rings (SSSR count). The van der Waals surface area contributed by atoms with Gasteiger partial charge >= 0.3 is 0 Å². The maximum Gasteiger partial charge on any atom is 0.211 e. The quantitative estimate of drug-likeness (QED) is 0.411. The number of benzene rings is 1. The zero-order valence-electron chi connectivity index (χ0n) is 8.51. The first-order chi connectivity index (χ1) is 7.54. The van der Waals surface area contributed by atoms with Crippen molar-refractivity contribution in [3.8, 4) is 11.5 Å². The Bertz CT molecular complexity index is 441.